The third-order valence-electron chi connectivity index (χ3n) is 10.6. The van der Waals surface area contributed by atoms with Gasteiger partial charge in [0.15, 0.2) is 21.8 Å². The van der Waals surface area contributed by atoms with Gasteiger partial charge < -0.3 is 20.8 Å². The number of hydrogen-bond donors (Lipinski definition) is 4. The van der Waals surface area contributed by atoms with Gasteiger partial charge in [-0.05, 0) is 82.3 Å². The summed E-state index contributed by atoms with van der Waals surface area (Å²) in [6.07, 6.45) is 3.27. The second-order valence-electron chi connectivity index (χ2n) is 15.1. The largest absolute Gasteiger partial charge is 0.504 e. The molecule has 6 aromatic rings. The number of fused-ring (bicyclic) bond motifs is 2. The Bertz CT molecular complexity index is 2560. The molecule has 2 aliphatic rings. The quantitative estimate of drug-likeness (QED) is 0.107. The van der Waals surface area contributed by atoms with Crippen molar-refractivity contribution in [3.05, 3.63) is 153 Å². The van der Waals surface area contributed by atoms with E-state index in [0.717, 1.165) is 55.9 Å². The average molecular weight is 803 g/mol. The lowest BCUT2D eigenvalue weighted by Gasteiger charge is -2.28. The van der Waals surface area contributed by atoms with Gasteiger partial charge in [0.05, 0.1) is 11.4 Å². The molecule has 0 atom stereocenters. The molecule has 0 saturated carbocycles. The molecule has 0 unspecified atom stereocenters. The molecule has 290 valence electrons. The zero-order valence-corrected chi connectivity index (χ0v) is 34.6. The second kappa shape index (κ2) is 15.5. The van der Waals surface area contributed by atoms with Crippen molar-refractivity contribution < 1.29 is 19.8 Å². The Hall–Kier alpha value is -6.36. The number of aliphatic hydroxyl groups is 2. The molecule has 0 fully saturated rings. The number of nitrogens with zero attached hydrogens (tertiary/aromatic N) is 2. The van der Waals surface area contributed by atoms with Gasteiger partial charge in [0.25, 0.3) is 0 Å². The Labute approximate surface area is 345 Å². The first-order chi connectivity index (χ1) is 27.9. The Morgan fingerprint density at radius 3 is 1.29 bits per heavy atom. The highest BCUT2D eigenvalue weighted by Gasteiger charge is 2.34. The molecular weight excluding hydrogens is 761 g/mol. The van der Waals surface area contributed by atoms with Crippen molar-refractivity contribution in [2.45, 2.75) is 41.5 Å². The van der Waals surface area contributed by atoms with Crippen LogP contribution in [0.1, 0.15) is 61.1 Å². The van der Waals surface area contributed by atoms with Crippen molar-refractivity contribution in [1.29, 1.82) is 0 Å². The highest BCUT2D eigenvalue weighted by atomic mass is 32.1. The van der Waals surface area contributed by atoms with Gasteiger partial charge in [-0.1, -0.05) is 100 Å². The van der Waals surface area contributed by atoms with Crippen LogP contribution in [-0.2, 0) is 9.59 Å². The van der Waals surface area contributed by atoms with Gasteiger partial charge in [0.1, 0.15) is 0 Å². The van der Waals surface area contributed by atoms with Gasteiger partial charge >= 0.3 is 0 Å². The zero-order chi connectivity index (χ0) is 40.8. The predicted octanol–water partition coefficient (Wildman–Crippen LogP) is 12.1. The number of ketones is 2. The second-order valence-corrected chi connectivity index (χ2v) is 16.8. The van der Waals surface area contributed by atoms with E-state index in [-0.39, 0.29) is 23.4 Å². The fourth-order valence-electron chi connectivity index (χ4n) is 7.77. The van der Waals surface area contributed by atoms with E-state index in [1.54, 1.807) is 12.4 Å². The summed E-state index contributed by atoms with van der Waals surface area (Å²) in [7, 11) is 0. The summed E-state index contributed by atoms with van der Waals surface area (Å²) in [5.74, 6) is -1.71. The number of carbonyl (C=O) groups is 2. The van der Waals surface area contributed by atoms with E-state index in [1.165, 1.54) is 22.7 Å². The molecular formula is C48H42N4O4S2. The molecule has 2 aromatic heterocycles. The maximum Gasteiger partial charge on any atom is 0.229 e. The first-order valence-corrected chi connectivity index (χ1v) is 20.9. The smallest absolute Gasteiger partial charge is 0.229 e. The highest BCUT2D eigenvalue weighted by molar-refractivity contribution is 7.14. The first-order valence-electron chi connectivity index (χ1n) is 19.1. The molecule has 0 radical (unpaired) electrons. The fraction of sp³-hybridized carbons (Fsp3) is 0.167. The van der Waals surface area contributed by atoms with Gasteiger partial charge in [-0.3, -0.25) is 9.59 Å². The van der Waals surface area contributed by atoms with Crippen LogP contribution in [0.25, 0.3) is 55.9 Å². The molecule has 8 rings (SSSR count). The van der Waals surface area contributed by atoms with Crippen molar-refractivity contribution >= 4 is 66.8 Å². The Balaban J connectivity index is 1.23. The van der Waals surface area contributed by atoms with Gasteiger partial charge in [0.2, 0.25) is 11.6 Å². The van der Waals surface area contributed by atoms with Crippen molar-refractivity contribution in [3.63, 3.8) is 0 Å². The van der Waals surface area contributed by atoms with Crippen LogP contribution in [0.4, 0.5) is 10.3 Å². The van der Waals surface area contributed by atoms with E-state index in [9.17, 15) is 19.8 Å². The summed E-state index contributed by atoms with van der Waals surface area (Å²) in [6, 6.07) is 27.9. The van der Waals surface area contributed by atoms with E-state index < -0.39 is 11.6 Å². The van der Waals surface area contributed by atoms with E-state index in [2.05, 4.69) is 10.6 Å². The Morgan fingerprint density at radius 1 is 0.552 bits per heavy atom. The number of benzene rings is 4. The van der Waals surface area contributed by atoms with E-state index >= 15 is 0 Å². The summed E-state index contributed by atoms with van der Waals surface area (Å²) in [5.41, 5.74) is 12.0. The fourth-order valence-corrected chi connectivity index (χ4v) is 9.15. The topological polar surface area (TPSA) is 124 Å². The molecule has 0 saturated heterocycles. The highest BCUT2D eigenvalue weighted by Crippen LogP contribution is 2.46. The van der Waals surface area contributed by atoms with Crippen LogP contribution in [0.3, 0.4) is 0 Å². The maximum absolute atomic E-state index is 14.0. The molecule has 10 heteroatoms. The first kappa shape index (κ1) is 38.5. The minimum atomic E-state index is -0.470. The Morgan fingerprint density at radius 2 is 0.931 bits per heavy atom. The molecule has 0 bridgehead atoms. The summed E-state index contributed by atoms with van der Waals surface area (Å²) < 4.78 is 0. The molecule has 4 N–H and O–H groups in total. The van der Waals surface area contributed by atoms with Crippen molar-refractivity contribution in [2.24, 2.45) is 11.8 Å². The van der Waals surface area contributed by atoms with Crippen molar-refractivity contribution in [2.75, 3.05) is 10.6 Å². The summed E-state index contributed by atoms with van der Waals surface area (Å²) in [4.78, 5) is 37.5. The number of allylic oxidation sites excluding steroid dienone is 4. The summed E-state index contributed by atoms with van der Waals surface area (Å²) in [6.45, 7) is 11.9. The van der Waals surface area contributed by atoms with Crippen LogP contribution in [0.2, 0.25) is 0 Å². The number of nitrogens with one attached hydrogen (secondary N) is 2. The van der Waals surface area contributed by atoms with Crippen LogP contribution in [0, 0.1) is 25.7 Å². The molecule has 0 spiro atoms. The molecule has 58 heavy (non-hydrogen) atoms. The van der Waals surface area contributed by atoms with Crippen LogP contribution < -0.4 is 10.6 Å². The molecule has 0 amide bonds. The van der Waals surface area contributed by atoms with E-state index in [1.807, 2.05) is 137 Å². The predicted molar refractivity (Wildman–Crippen MR) is 238 cm³/mol. The number of anilines is 2. The van der Waals surface area contributed by atoms with Crippen molar-refractivity contribution in [3.8, 4) is 33.6 Å². The summed E-state index contributed by atoms with van der Waals surface area (Å²) >= 11 is 2.86. The maximum atomic E-state index is 14.0. The molecule has 2 heterocycles. The Kier molecular flexibility index (Phi) is 10.3. The third kappa shape index (κ3) is 6.99. The lowest BCUT2D eigenvalue weighted by molar-refractivity contribution is -0.113. The standard InChI is InChI=1S/C48H42N4O4S2/c1-25(2)41-35-17-27(5)31(19-33(35)37(43(53)45(41)55)21-49-47-51-39(23-57-47)29-13-9-7-10-14-29)32-20-34-36(18-28(32)6)42(26(3)4)46(56)44(54)38(34)22-50-48-52-40(24-58-48)30-15-11-8-12-16-30/h7-26,55-56H,1-6H3,(H,49,51)(H,50,52)/b37-21-,38-22-. The van der Waals surface area contributed by atoms with E-state index in [4.69, 9.17) is 9.97 Å². The number of carbonyl (C=O) groups excluding carboxylic acids is 2. The molecule has 0 aliphatic heterocycles. The van der Waals surface area contributed by atoms with Crippen LogP contribution in [0.15, 0.2) is 120 Å². The van der Waals surface area contributed by atoms with Gasteiger partial charge in [-0.2, -0.15) is 0 Å². The number of hydrogen-bond acceptors (Lipinski definition) is 10. The van der Waals surface area contributed by atoms with Crippen LogP contribution >= 0.6 is 22.7 Å². The normalized spacial score (nSPS) is 15.5. The lowest BCUT2D eigenvalue weighted by atomic mass is 9.76. The number of aliphatic hydroxyl groups excluding tert-OH is 2. The molecule has 4 aromatic carbocycles. The SMILES string of the molecule is Cc1cc2c(cc1-c1cc3c(cc1C)C(C(C)C)=C(O)C(=O)/C3=C\Nc1nc(-c3ccccc3)cs1)/C(=C/Nc1nc(-c3ccccc3)cs1)C(=O)C(O)=C2C(C)C. The number of thiazole rings is 2. The van der Waals surface area contributed by atoms with Gasteiger partial charge in [-0.15, -0.1) is 22.7 Å². The number of Topliss-reactive ketones (excluding diaryl/α,β-unsaturated/α-hetero) is 2. The molecule has 8 nitrogen and oxygen atoms in total. The lowest BCUT2D eigenvalue weighted by Crippen LogP contribution is -2.19. The molecule has 2 aliphatic carbocycles. The van der Waals surface area contributed by atoms with Crippen LogP contribution in [-0.4, -0.2) is 31.7 Å². The van der Waals surface area contributed by atoms with Gasteiger partial charge in [-0.25, -0.2) is 9.97 Å². The average Bonchev–Trinajstić information content (AvgIpc) is 3.89. The number of aromatic nitrogens is 2. The summed E-state index contributed by atoms with van der Waals surface area (Å²) in [5, 5.41) is 34.3. The van der Waals surface area contributed by atoms with Crippen LogP contribution in [0.5, 0.6) is 0 Å². The zero-order valence-electron chi connectivity index (χ0n) is 33.0. The van der Waals surface area contributed by atoms with Crippen molar-refractivity contribution in [1.82, 2.24) is 9.97 Å². The number of rotatable bonds is 9. The van der Waals surface area contributed by atoms with Gasteiger partial charge in [0, 0.05) is 56.6 Å². The van der Waals surface area contributed by atoms with E-state index in [0.29, 0.717) is 43.7 Å². The monoisotopic (exact) mass is 802 g/mol. The number of aryl methyl sites for hydroxylation is 2. The minimum Gasteiger partial charge on any atom is -0.504 e. The minimum absolute atomic E-state index is 0.123. The third-order valence-corrected chi connectivity index (χ3v) is 12.1.